The third kappa shape index (κ3) is 8.81. The van der Waals surface area contributed by atoms with E-state index in [2.05, 4.69) is 5.32 Å². The lowest BCUT2D eigenvalue weighted by atomic mass is 9.76. The SMILES string of the molecule is NCC(F)(F)C(O)C(=O)C[C@@H]1C[C@H](N)C(O[C@H]2O[C@H](CNCCO)CC[C@H]2N)[C@H](O)[C@H]1O[C@H]1O[C@H](CO)[C@@H](O)[C@H](N)[C@H]1O. The Balaban J connectivity index is 1.82. The van der Waals surface area contributed by atoms with E-state index in [1.807, 2.05) is 0 Å². The first kappa shape index (κ1) is 36.4. The molecular weight excluding hydrogens is 584 g/mol. The first-order valence-electron chi connectivity index (χ1n) is 14.4. The highest BCUT2D eigenvalue weighted by Crippen LogP contribution is 2.36. The van der Waals surface area contributed by atoms with E-state index in [0.29, 0.717) is 25.9 Å². The third-order valence-corrected chi connectivity index (χ3v) is 8.25. The molecule has 0 amide bonds. The second kappa shape index (κ2) is 16.0. The molecule has 18 heteroatoms. The number of halogens is 2. The third-order valence-electron chi connectivity index (χ3n) is 8.25. The van der Waals surface area contributed by atoms with Gasteiger partial charge in [0.1, 0.15) is 30.5 Å². The maximum atomic E-state index is 14.0. The predicted octanol–water partition coefficient (Wildman–Crippen LogP) is -5.44. The zero-order valence-electron chi connectivity index (χ0n) is 23.7. The number of ketones is 1. The van der Waals surface area contributed by atoms with Crippen LogP contribution in [0.1, 0.15) is 25.7 Å². The summed E-state index contributed by atoms with van der Waals surface area (Å²) < 4.78 is 51.3. The molecule has 1 aliphatic carbocycles. The number of nitrogens with two attached hydrogens (primary N) is 4. The van der Waals surface area contributed by atoms with Gasteiger partial charge in [0.25, 0.3) is 5.92 Å². The molecule has 0 aromatic heterocycles. The molecule has 2 heterocycles. The number of alkyl halides is 2. The summed E-state index contributed by atoms with van der Waals surface area (Å²) in [5.74, 6) is -6.29. The fourth-order valence-corrected chi connectivity index (χ4v) is 5.66. The Hall–Kier alpha value is -1.07. The van der Waals surface area contributed by atoms with Gasteiger partial charge in [0.05, 0.1) is 44.1 Å². The Bertz CT molecular complexity index is 883. The molecule has 0 aromatic rings. The molecule has 0 aromatic carbocycles. The number of aliphatic hydroxyl groups is 6. The van der Waals surface area contributed by atoms with Crippen LogP contribution >= 0.6 is 0 Å². The van der Waals surface area contributed by atoms with Crippen molar-refractivity contribution in [1.29, 1.82) is 0 Å². The van der Waals surface area contributed by atoms with E-state index in [9.17, 15) is 39.1 Å². The van der Waals surface area contributed by atoms with E-state index < -0.39 is 111 Å². The van der Waals surface area contributed by atoms with Crippen molar-refractivity contribution in [1.82, 2.24) is 5.32 Å². The minimum Gasteiger partial charge on any atom is -0.395 e. The van der Waals surface area contributed by atoms with Crippen molar-refractivity contribution in [2.24, 2.45) is 28.9 Å². The number of aliphatic hydroxyl groups excluding tert-OH is 6. The summed E-state index contributed by atoms with van der Waals surface area (Å²) in [6.07, 6.45) is -14.2. The van der Waals surface area contributed by atoms with Crippen molar-refractivity contribution in [3.8, 4) is 0 Å². The zero-order chi connectivity index (χ0) is 32.1. The number of hydrogen-bond donors (Lipinski definition) is 11. The van der Waals surface area contributed by atoms with Gasteiger partial charge in [0, 0.05) is 25.6 Å². The molecule has 43 heavy (non-hydrogen) atoms. The lowest BCUT2D eigenvalue weighted by molar-refractivity contribution is -0.318. The van der Waals surface area contributed by atoms with Crippen LogP contribution in [0.4, 0.5) is 8.78 Å². The van der Waals surface area contributed by atoms with Gasteiger partial charge in [-0.05, 0) is 25.2 Å². The largest absolute Gasteiger partial charge is 0.395 e. The van der Waals surface area contributed by atoms with E-state index in [1.54, 1.807) is 0 Å². The summed E-state index contributed by atoms with van der Waals surface area (Å²) in [6.45, 7) is -1.30. The number of hydrogen-bond acceptors (Lipinski definition) is 16. The number of nitrogens with one attached hydrogen (secondary N) is 1. The Labute approximate surface area is 247 Å². The average Bonchev–Trinajstić information content (AvgIpc) is 2.98. The normalized spacial score (nSPS) is 41.6. The van der Waals surface area contributed by atoms with Crippen molar-refractivity contribution in [3.05, 3.63) is 0 Å². The van der Waals surface area contributed by atoms with Gasteiger partial charge in [-0.25, -0.2) is 8.78 Å². The Morgan fingerprint density at radius 3 is 2.28 bits per heavy atom. The molecule has 2 aliphatic heterocycles. The lowest BCUT2D eigenvalue weighted by Crippen LogP contribution is -2.66. The van der Waals surface area contributed by atoms with E-state index in [1.165, 1.54) is 0 Å². The highest BCUT2D eigenvalue weighted by molar-refractivity contribution is 5.84. The minimum atomic E-state index is -3.91. The average molecular weight is 632 g/mol. The molecule has 252 valence electrons. The van der Waals surface area contributed by atoms with Crippen LogP contribution in [0.15, 0.2) is 0 Å². The Kier molecular flexibility index (Phi) is 13.5. The highest BCUT2D eigenvalue weighted by Gasteiger charge is 2.52. The molecule has 14 atom stereocenters. The van der Waals surface area contributed by atoms with Gasteiger partial charge in [-0.3, -0.25) is 4.79 Å². The van der Waals surface area contributed by atoms with Gasteiger partial charge < -0.3 is 77.8 Å². The first-order valence-corrected chi connectivity index (χ1v) is 14.4. The van der Waals surface area contributed by atoms with E-state index in [0.717, 1.165) is 0 Å². The van der Waals surface area contributed by atoms with Crippen molar-refractivity contribution < 1.29 is 63.2 Å². The lowest BCUT2D eigenvalue weighted by Gasteiger charge is -2.48. The molecule has 1 saturated carbocycles. The standard InChI is InChI=1S/C25H47F2N5O11/c26-25(27,9-28)22(39)14(35)6-10-5-13(30)21(43-23-12(29)2-1-11(40-23)7-32-3-4-33)19(38)20(10)42-24-18(37)16(31)17(36)15(8-34)41-24/h10-13,15-24,32-34,36-39H,1-9,28-31H2/t10-,11-,12+,13-,15+,16-,17+,18+,19+,20-,21?,22?,23+,24+/m0/s1. The number of ether oxygens (including phenoxy) is 4. The van der Waals surface area contributed by atoms with Crippen LogP contribution in [0.5, 0.6) is 0 Å². The fourth-order valence-electron chi connectivity index (χ4n) is 5.66. The zero-order valence-corrected chi connectivity index (χ0v) is 23.7. The summed E-state index contributed by atoms with van der Waals surface area (Å²) >= 11 is 0. The topological polar surface area (TPSA) is 291 Å². The van der Waals surface area contributed by atoms with Gasteiger partial charge >= 0.3 is 0 Å². The second-order valence-corrected chi connectivity index (χ2v) is 11.5. The summed E-state index contributed by atoms with van der Waals surface area (Å²) in [4.78, 5) is 12.7. The van der Waals surface area contributed by atoms with Crippen molar-refractivity contribution in [2.75, 3.05) is 32.8 Å². The number of rotatable bonds is 14. The fraction of sp³-hybridized carbons (Fsp3) is 0.960. The Morgan fingerprint density at radius 1 is 0.977 bits per heavy atom. The van der Waals surface area contributed by atoms with Crippen LogP contribution in [0, 0.1) is 5.92 Å². The monoisotopic (exact) mass is 631 g/mol. The second-order valence-electron chi connectivity index (χ2n) is 11.5. The molecule has 0 radical (unpaired) electrons. The van der Waals surface area contributed by atoms with Crippen LogP contribution in [-0.4, -0.2) is 155 Å². The molecule has 2 unspecified atom stereocenters. The molecule has 3 aliphatic rings. The van der Waals surface area contributed by atoms with E-state index in [4.69, 9.17) is 47.0 Å². The number of carbonyl (C=O) groups is 1. The quantitative estimate of drug-likeness (QED) is 0.0797. The highest BCUT2D eigenvalue weighted by atomic mass is 19.3. The Morgan fingerprint density at radius 2 is 1.65 bits per heavy atom. The minimum absolute atomic E-state index is 0.0659. The molecule has 15 N–H and O–H groups in total. The maximum absolute atomic E-state index is 14.0. The van der Waals surface area contributed by atoms with Gasteiger partial charge in [0.15, 0.2) is 24.5 Å². The summed E-state index contributed by atoms with van der Waals surface area (Å²) in [6, 6.07) is -2.93. The van der Waals surface area contributed by atoms with Gasteiger partial charge in [-0.15, -0.1) is 0 Å². The van der Waals surface area contributed by atoms with E-state index in [-0.39, 0.29) is 19.1 Å². The molecule has 3 fully saturated rings. The smallest absolute Gasteiger partial charge is 0.292 e. The first-order chi connectivity index (χ1) is 20.2. The van der Waals surface area contributed by atoms with Gasteiger partial charge in [0.2, 0.25) is 0 Å². The van der Waals surface area contributed by atoms with Crippen LogP contribution in [0.3, 0.4) is 0 Å². The molecular formula is C25H47F2N5O11. The van der Waals surface area contributed by atoms with Crippen LogP contribution in [0.2, 0.25) is 0 Å². The van der Waals surface area contributed by atoms with Gasteiger partial charge in [-0.2, -0.15) is 0 Å². The van der Waals surface area contributed by atoms with Crippen LogP contribution in [-0.2, 0) is 23.7 Å². The predicted molar refractivity (Wildman–Crippen MR) is 143 cm³/mol. The molecule has 0 bridgehead atoms. The van der Waals surface area contributed by atoms with Crippen molar-refractivity contribution >= 4 is 5.78 Å². The summed E-state index contributed by atoms with van der Waals surface area (Å²) in [5.41, 5.74) is 23.4. The maximum Gasteiger partial charge on any atom is 0.292 e. The molecule has 3 rings (SSSR count). The molecule has 0 spiro atoms. The van der Waals surface area contributed by atoms with Gasteiger partial charge in [-0.1, -0.05) is 0 Å². The number of carbonyl (C=O) groups excluding carboxylic acids is 1. The summed E-state index contributed by atoms with van der Waals surface area (Å²) in [5, 5.41) is 63.8. The van der Waals surface area contributed by atoms with Crippen LogP contribution in [0.25, 0.3) is 0 Å². The van der Waals surface area contributed by atoms with Crippen molar-refractivity contribution in [2.45, 2.75) is 111 Å². The number of Topliss-reactive ketones (excluding diaryl/α,β-unsaturated/α-hetero) is 1. The molecule has 16 nitrogen and oxygen atoms in total. The van der Waals surface area contributed by atoms with E-state index >= 15 is 0 Å². The molecule has 2 saturated heterocycles. The van der Waals surface area contributed by atoms with Crippen LogP contribution < -0.4 is 28.3 Å². The summed E-state index contributed by atoms with van der Waals surface area (Å²) in [7, 11) is 0. The van der Waals surface area contributed by atoms with Crippen molar-refractivity contribution in [3.63, 3.8) is 0 Å².